The van der Waals surface area contributed by atoms with Crippen molar-refractivity contribution in [3.8, 4) is 22.8 Å². The molecule has 3 rings (SSSR count). The summed E-state index contributed by atoms with van der Waals surface area (Å²) in [6.45, 7) is 1.67. The number of fused-ring (bicyclic) bond motifs is 1. The predicted molar refractivity (Wildman–Crippen MR) is 81.2 cm³/mol. The topological polar surface area (TPSA) is 109 Å². The number of aryl methyl sites for hydroxylation is 1. The molecule has 0 amide bonds. The maximum atomic E-state index is 11.7. The van der Waals surface area contributed by atoms with Crippen molar-refractivity contribution in [1.82, 2.24) is 15.2 Å². The van der Waals surface area contributed by atoms with Crippen molar-refractivity contribution in [1.29, 1.82) is 0 Å². The number of thioether (sulfide) groups is 1. The highest BCUT2D eigenvalue weighted by Crippen LogP contribution is 2.40. The summed E-state index contributed by atoms with van der Waals surface area (Å²) in [5, 5.41) is 28.6. The number of hydrogen-bond donors (Lipinski definition) is 2. The highest BCUT2D eigenvalue weighted by atomic mass is 32.2. The highest BCUT2D eigenvalue weighted by molar-refractivity contribution is 7.98. The average molecular weight is 317 g/mol. The second-order valence-corrected chi connectivity index (χ2v) is 5.34. The molecule has 22 heavy (non-hydrogen) atoms. The SMILES string of the molecule is CSc1nncc(-c2c(O)cc(O)c3c(C)cc(=O)oc23)n1. The van der Waals surface area contributed by atoms with Crippen LogP contribution in [0.5, 0.6) is 11.5 Å². The number of hydrogen-bond acceptors (Lipinski definition) is 8. The summed E-state index contributed by atoms with van der Waals surface area (Å²) < 4.78 is 5.19. The van der Waals surface area contributed by atoms with Gasteiger partial charge in [-0.3, -0.25) is 0 Å². The molecule has 0 unspecified atom stereocenters. The van der Waals surface area contributed by atoms with Crippen LogP contribution in [-0.2, 0) is 0 Å². The van der Waals surface area contributed by atoms with Gasteiger partial charge in [0.2, 0.25) is 5.16 Å². The van der Waals surface area contributed by atoms with Crippen LogP contribution in [0, 0.1) is 6.92 Å². The normalized spacial score (nSPS) is 11.0. The third kappa shape index (κ3) is 2.27. The molecule has 0 radical (unpaired) electrons. The van der Waals surface area contributed by atoms with E-state index in [1.165, 1.54) is 30.1 Å². The van der Waals surface area contributed by atoms with Gasteiger partial charge in [-0.25, -0.2) is 9.78 Å². The van der Waals surface area contributed by atoms with E-state index in [0.717, 1.165) is 0 Å². The van der Waals surface area contributed by atoms with E-state index in [2.05, 4.69) is 15.2 Å². The lowest BCUT2D eigenvalue weighted by Gasteiger charge is -2.10. The molecule has 8 heteroatoms. The van der Waals surface area contributed by atoms with Crippen LogP contribution in [-0.4, -0.2) is 31.7 Å². The number of aromatic hydroxyl groups is 2. The standard InChI is InChI=1S/C14H11N3O4S/c1-6-3-10(20)21-13-11(6)8(18)4-9(19)12(13)7-5-15-17-14(16-7)22-2/h3-5,18-19H,1-2H3. The molecule has 0 fully saturated rings. The zero-order valence-corrected chi connectivity index (χ0v) is 12.5. The van der Waals surface area contributed by atoms with Crippen molar-refractivity contribution in [3.63, 3.8) is 0 Å². The number of nitrogens with zero attached hydrogens (tertiary/aromatic N) is 3. The summed E-state index contributed by atoms with van der Waals surface area (Å²) in [7, 11) is 0. The molecule has 0 bridgehead atoms. The van der Waals surface area contributed by atoms with Crippen molar-refractivity contribution >= 4 is 22.7 Å². The van der Waals surface area contributed by atoms with Gasteiger partial charge in [0.25, 0.3) is 0 Å². The monoisotopic (exact) mass is 317 g/mol. The molecule has 0 aliphatic rings. The number of rotatable bonds is 2. The molecule has 2 aromatic heterocycles. The minimum absolute atomic E-state index is 0.0649. The van der Waals surface area contributed by atoms with Crippen molar-refractivity contribution in [3.05, 3.63) is 34.3 Å². The van der Waals surface area contributed by atoms with Crippen molar-refractivity contribution in [2.24, 2.45) is 0 Å². The highest BCUT2D eigenvalue weighted by Gasteiger charge is 2.19. The Morgan fingerprint density at radius 1 is 1.23 bits per heavy atom. The maximum absolute atomic E-state index is 11.7. The first-order chi connectivity index (χ1) is 10.5. The van der Waals surface area contributed by atoms with Gasteiger partial charge in [-0.15, -0.1) is 5.10 Å². The fraction of sp³-hybridized carbons (Fsp3) is 0.143. The Labute approximate surface area is 128 Å². The third-order valence-corrected chi connectivity index (χ3v) is 3.69. The maximum Gasteiger partial charge on any atom is 0.336 e. The number of phenols is 2. The van der Waals surface area contributed by atoms with Gasteiger partial charge >= 0.3 is 5.63 Å². The van der Waals surface area contributed by atoms with Gasteiger partial charge in [0.15, 0.2) is 5.58 Å². The van der Waals surface area contributed by atoms with Gasteiger partial charge in [-0.05, 0) is 18.7 Å². The fourth-order valence-electron chi connectivity index (χ4n) is 2.24. The van der Waals surface area contributed by atoms with Crippen LogP contribution in [0.3, 0.4) is 0 Å². The van der Waals surface area contributed by atoms with E-state index in [9.17, 15) is 15.0 Å². The Morgan fingerprint density at radius 3 is 2.73 bits per heavy atom. The molecule has 0 aliphatic heterocycles. The van der Waals surface area contributed by atoms with Crippen LogP contribution < -0.4 is 5.63 Å². The van der Waals surface area contributed by atoms with Gasteiger partial charge in [-0.1, -0.05) is 11.8 Å². The zero-order chi connectivity index (χ0) is 15.9. The van der Waals surface area contributed by atoms with Crippen molar-refractivity contribution in [2.45, 2.75) is 12.1 Å². The van der Waals surface area contributed by atoms with Gasteiger partial charge in [0.1, 0.15) is 17.2 Å². The third-order valence-electron chi connectivity index (χ3n) is 3.15. The summed E-state index contributed by atoms with van der Waals surface area (Å²) >= 11 is 1.29. The fourth-order valence-corrected chi connectivity index (χ4v) is 2.55. The van der Waals surface area contributed by atoms with E-state index in [-0.39, 0.29) is 22.6 Å². The first-order valence-corrected chi connectivity index (χ1v) is 7.47. The van der Waals surface area contributed by atoms with E-state index in [1.807, 2.05) is 0 Å². The average Bonchev–Trinajstić information content (AvgIpc) is 2.46. The molecular formula is C14H11N3O4S. The molecule has 2 N–H and O–H groups in total. The Balaban J connectivity index is 2.45. The van der Waals surface area contributed by atoms with Crippen LogP contribution >= 0.6 is 11.8 Å². The molecule has 0 atom stereocenters. The van der Waals surface area contributed by atoms with Crippen LogP contribution in [0.15, 0.2) is 32.7 Å². The largest absolute Gasteiger partial charge is 0.507 e. The molecule has 1 aromatic carbocycles. The lowest BCUT2D eigenvalue weighted by atomic mass is 10.0. The lowest BCUT2D eigenvalue weighted by molar-refractivity contribution is 0.452. The van der Waals surface area contributed by atoms with Crippen LogP contribution in [0.25, 0.3) is 22.2 Å². The second-order valence-electron chi connectivity index (χ2n) is 4.57. The van der Waals surface area contributed by atoms with Crippen LogP contribution in [0.4, 0.5) is 0 Å². The Hall–Kier alpha value is -2.61. The Kier molecular flexibility index (Phi) is 3.45. The van der Waals surface area contributed by atoms with Crippen LogP contribution in [0.1, 0.15) is 5.56 Å². The Morgan fingerprint density at radius 2 is 2.00 bits per heavy atom. The van der Waals surface area contributed by atoms with Gasteiger partial charge in [0, 0.05) is 12.1 Å². The summed E-state index contributed by atoms with van der Waals surface area (Å²) in [4.78, 5) is 15.9. The van der Waals surface area contributed by atoms with E-state index in [0.29, 0.717) is 21.8 Å². The molecule has 0 saturated heterocycles. The molecule has 112 valence electrons. The number of benzene rings is 1. The summed E-state index contributed by atoms with van der Waals surface area (Å²) in [6.07, 6.45) is 3.15. The minimum atomic E-state index is -0.580. The summed E-state index contributed by atoms with van der Waals surface area (Å²) in [5.74, 6) is -0.434. The molecule has 0 spiro atoms. The Bertz CT molecular complexity index is 939. The van der Waals surface area contributed by atoms with Crippen LogP contribution in [0.2, 0.25) is 0 Å². The number of aromatic nitrogens is 3. The quantitative estimate of drug-likeness (QED) is 0.546. The molecule has 3 aromatic rings. The lowest BCUT2D eigenvalue weighted by Crippen LogP contribution is -2.00. The first kappa shape index (κ1) is 14.3. The van der Waals surface area contributed by atoms with Crippen molar-refractivity contribution in [2.75, 3.05) is 6.26 Å². The van der Waals surface area contributed by atoms with E-state index < -0.39 is 5.63 Å². The predicted octanol–water partition coefficient (Wildman–Crippen LogP) is 2.09. The summed E-state index contributed by atoms with van der Waals surface area (Å²) in [5.41, 5.74) is 0.518. The van der Waals surface area contributed by atoms with Gasteiger partial charge < -0.3 is 14.6 Å². The van der Waals surface area contributed by atoms with Gasteiger partial charge in [0.05, 0.1) is 17.1 Å². The van der Waals surface area contributed by atoms with E-state index >= 15 is 0 Å². The molecule has 0 aliphatic carbocycles. The molecule has 7 nitrogen and oxygen atoms in total. The first-order valence-electron chi connectivity index (χ1n) is 6.24. The van der Waals surface area contributed by atoms with Crippen molar-refractivity contribution < 1.29 is 14.6 Å². The minimum Gasteiger partial charge on any atom is -0.507 e. The number of phenolic OH excluding ortho intramolecular Hbond substituents is 2. The molecular weight excluding hydrogens is 306 g/mol. The van der Waals surface area contributed by atoms with E-state index in [1.54, 1.807) is 13.2 Å². The zero-order valence-electron chi connectivity index (χ0n) is 11.7. The smallest absolute Gasteiger partial charge is 0.336 e. The summed E-state index contributed by atoms with van der Waals surface area (Å²) in [6, 6.07) is 2.46. The second kappa shape index (κ2) is 5.30. The van der Waals surface area contributed by atoms with E-state index in [4.69, 9.17) is 4.42 Å². The molecule has 0 saturated carbocycles. The van der Waals surface area contributed by atoms with Gasteiger partial charge in [-0.2, -0.15) is 5.10 Å². The molecule has 2 heterocycles.